The van der Waals surface area contributed by atoms with Gasteiger partial charge in [-0.15, -0.1) is 0 Å². The highest BCUT2D eigenvalue weighted by molar-refractivity contribution is 5.76. The molecule has 1 rings (SSSR count). The Labute approximate surface area is 129 Å². The Morgan fingerprint density at radius 2 is 2.10 bits per heavy atom. The zero-order valence-corrected chi connectivity index (χ0v) is 14.0. The van der Waals surface area contributed by atoms with E-state index in [0.29, 0.717) is 19.1 Å². The maximum absolute atomic E-state index is 12.3. The molecule has 0 bridgehead atoms. The monoisotopic (exact) mass is 299 g/mol. The molecule has 2 atom stereocenters. The Bertz CT molecular complexity index is 295. The molecular weight excluding hydrogens is 266 g/mol. The molecule has 2 unspecified atom stereocenters. The number of piperidine rings is 1. The van der Waals surface area contributed by atoms with Crippen LogP contribution in [0.4, 0.5) is 0 Å². The molecule has 124 valence electrons. The quantitative estimate of drug-likeness (QED) is 0.700. The highest BCUT2D eigenvalue weighted by atomic mass is 16.5. The second kappa shape index (κ2) is 10.1. The molecule has 2 N–H and O–H groups in total. The number of hydrogen-bond donors (Lipinski definition) is 1. The van der Waals surface area contributed by atoms with Gasteiger partial charge in [0.25, 0.3) is 0 Å². The molecule has 1 aliphatic rings. The summed E-state index contributed by atoms with van der Waals surface area (Å²) in [6.45, 7) is 11.0. The van der Waals surface area contributed by atoms with Crippen molar-refractivity contribution in [2.75, 3.05) is 39.3 Å². The van der Waals surface area contributed by atoms with Gasteiger partial charge in [0, 0.05) is 45.2 Å². The van der Waals surface area contributed by atoms with Crippen LogP contribution in [0.2, 0.25) is 0 Å². The summed E-state index contributed by atoms with van der Waals surface area (Å²) in [4.78, 5) is 16.5. The fourth-order valence-electron chi connectivity index (χ4n) is 2.99. The number of nitrogens with zero attached hydrogens (tertiary/aromatic N) is 2. The Morgan fingerprint density at radius 1 is 1.38 bits per heavy atom. The van der Waals surface area contributed by atoms with E-state index in [0.717, 1.165) is 52.0 Å². The number of ether oxygens (including phenoxy) is 1. The maximum Gasteiger partial charge on any atom is 0.224 e. The molecule has 21 heavy (non-hydrogen) atoms. The number of carbonyl (C=O) groups is 1. The third-order valence-electron chi connectivity index (χ3n) is 4.28. The van der Waals surface area contributed by atoms with Gasteiger partial charge in [0.05, 0.1) is 6.10 Å². The third-order valence-corrected chi connectivity index (χ3v) is 4.28. The molecule has 5 nitrogen and oxygen atoms in total. The number of carbonyl (C=O) groups excluding carboxylic acids is 1. The van der Waals surface area contributed by atoms with Crippen LogP contribution in [-0.4, -0.2) is 67.2 Å². The molecule has 1 amide bonds. The predicted octanol–water partition coefficient (Wildman–Crippen LogP) is 1.46. The summed E-state index contributed by atoms with van der Waals surface area (Å²) >= 11 is 0. The summed E-state index contributed by atoms with van der Waals surface area (Å²) in [5.74, 6) is 0.215. The molecule has 1 fully saturated rings. The highest BCUT2D eigenvalue weighted by Gasteiger charge is 2.27. The van der Waals surface area contributed by atoms with E-state index in [-0.39, 0.29) is 11.9 Å². The minimum atomic E-state index is 0.145. The van der Waals surface area contributed by atoms with Crippen molar-refractivity contribution in [3.63, 3.8) is 0 Å². The van der Waals surface area contributed by atoms with Crippen molar-refractivity contribution in [2.24, 2.45) is 5.73 Å². The molecule has 0 aromatic rings. The van der Waals surface area contributed by atoms with Crippen molar-refractivity contribution < 1.29 is 9.53 Å². The zero-order chi connectivity index (χ0) is 15.7. The summed E-state index contributed by atoms with van der Waals surface area (Å²) in [5.41, 5.74) is 5.93. The first-order valence-electron chi connectivity index (χ1n) is 8.49. The molecule has 5 heteroatoms. The van der Waals surface area contributed by atoms with Gasteiger partial charge < -0.3 is 15.4 Å². The van der Waals surface area contributed by atoms with E-state index in [1.807, 2.05) is 18.7 Å². The van der Waals surface area contributed by atoms with Crippen molar-refractivity contribution >= 4 is 5.91 Å². The van der Waals surface area contributed by atoms with Gasteiger partial charge in [-0.3, -0.25) is 9.69 Å². The van der Waals surface area contributed by atoms with Crippen LogP contribution in [0, 0.1) is 0 Å². The molecule has 0 saturated carbocycles. The first-order chi connectivity index (χ1) is 10.2. The largest absolute Gasteiger partial charge is 0.377 e. The molecular formula is C16H33N3O2. The van der Waals surface area contributed by atoms with Gasteiger partial charge in [-0.05, 0) is 39.7 Å². The molecule has 1 aliphatic heterocycles. The second-order valence-corrected chi connectivity index (χ2v) is 5.79. The Kier molecular flexibility index (Phi) is 8.88. The lowest BCUT2D eigenvalue weighted by molar-refractivity contribution is -0.132. The van der Waals surface area contributed by atoms with Crippen molar-refractivity contribution in [1.29, 1.82) is 0 Å². The van der Waals surface area contributed by atoms with Gasteiger partial charge in [0.1, 0.15) is 0 Å². The molecule has 0 spiro atoms. The summed E-state index contributed by atoms with van der Waals surface area (Å²) < 4.78 is 5.87. The first kappa shape index (κ1) is 18.4. The fourth-order valence-corrected chi connectivity index (χ4v) is 2.99. The van der Waals surface area contributed by atoms with Crippen LogP contribution in [0.25, 0.3) is 0 Å². The Morgan fingerprint density at radius 3 is 2.67 bits per heavy atom. The van der Waals surface area contributed by atoms with Crippen LogP contribution in [0.3, 0.4) is 0 Å². The van der Waals surface area contributed by atoms with Crippen LogP contribution in [-0.2, 0) is 9.53 Å². The van der Waals surface area contributed by atoms with Crippen LogP contribution < -0.4 is 5.73 Å². The van der Waals surface area contributed by atoms with Crippen molar-refractivity contribution in [1.82, 2.24) is 9.80 Å². The first-order valence-corrected chi connectivity index (χ1v) is 8.49. The Balaban J connectivity index is 2.52. The minimum absolute atomic E-state index is 0.145. The van der Waals surface area contributed by atoms with Gasteiger partial charge >= 0.3 is 0 Å². The highest BCUT2D eigenvalue weighted by Crippen LogP contribution is 2.17. The number of amides is 1. The molecule has 0 aromatic carbocycles. The second-order valence-electron chi connectivity index (χ2n) is 5.79. The van der Waals surface area contributed by atoms with Gasteiger partial charge in [0.15, 0.2) is 0 Å². The van der Waals surface area contributed by atoms with E-state index in [1.54, 1.807) is 0 Å². The number of nitrogens with two attached hydrogens (primary N) is 1. The van der Waals surface area contributed by atoms with E-state index >= 15 is 0 Å². The lowest BCUT2D eigenvalue weighted by Crippen LogP contribution is -2.50. The summed E-state index contributed by atoms with van der Waals surface area (Å²) in [6.07, 6.45) is 4.13. The normalized spacial score (nSPS) is 21.2. The standard InChI is InChI=1S/C16H33N3O2/c1-4-10-21-15-8-7-9-19(13-15)14(12-17)11-16(20)18(5-2)6-3/h14-15H,4-13,17H2,1-3H3. The van der Waals surface area contributed by atoms with Gasteiger partial charge in [-0.1, -0.05) is 6.92 Å². The smallest absolute Gasteiger partial charge is 0.224 e. The van der Waals surface area contributed by atoms with Gasteiger partial charge in [-0.2, -0.15) is 0 Å². The molecule has 0 aliphatic carbocycles. The third kappa shape index (κ3) is 5.93. The Hall–Kier alpha value is -0.650. The van der Waals surface area contributed by atoms with E-state index in [9.17, 15) is 4.79 Å². The SMILES string of the molecule is CCCOC1CCCN(C(CN)CC(=O)N(CC)CC)C1. The minimum Gasteiger partial charge on any atom is -0.377 e. The lowest BCUT2D eigenvalue weighted by atomic mass is 10.0. The topological polar surface area (TPSA) is 58.8 Å². The summed E-state index contributed by atoms with van der Waals surface area (Å²) in [6, 6.07) is 0.145. The van der Waals surface area contributed by atoms with E-state index in [2.05, 4.69) is 11.8 Å². The van der Waals surface area contributed by atoms with E-state index < -0.39 is 0 Å². The summed E-state index contributed by atoms with van der Waals surface area (Å²) in [7, 11) is 0. The number of rotatable bonds is 9. The van der Waals surface area contributed by atoms with E-state index in [4.69, 9.17) is 10.5 Å². The molecule has 1 saturated heterocycles. The van der Waals surface area contributed by atoms with Crippen molar-refractivity contribution in [3.8, 4) is 0 Å². The maximum atomic E-state index is 12.3. The van der Waals surface area contributed by atoms with Crippen LogP contribution >= 0.6 is 0 Å². The van der Waals surface area contributed by atoms with Gasteiger partial charge in [-0.25, -0.2) is 0 Å². The summed E-state index contributed by atoms with van der Waals surface area (Å²) in [5, 5.41) is 0. The van der Waals surface area contributed by atoms with Crippen LogP contribution in [0.15, 0.2) is 0 Å². The molecule has 0 radical (unpaired) electrons. The lowest BCUT2D eigenvalue weighted by Gasteiger charge is -2.38. The zero-order valence-electron chi connectivity index (χ0n) is 14.0. The molecule has 0 aromatic heterocycles. The van der Waals surface area contributed by atoms with E-state index in [1.165, 1.54) is 0 Å². The van der Waals surface area contributed by atoms with Crippen molar-refractivity contribution in [2.45, 2.75) is 58.6 Å². The average Bonchev–Trinajstić information content (AvgIpc) is 2.52. The fraction of sp³-hybridized carbons (Fsp3) is 0.938. The molecule has 1 heterocycles. The average molecular weight is 299 g/mol. The van der Waals surface area contributed by atoms with Gasteiger partial charge in [0.2, 0.25) is 5.91 Å². The number of likely N-dealkylation sites (tertiary alicyclic amines) is 1. The van der Waals surface area contributed by atoms with Crippen molar-refractivity contribution in [3.05, 3.63) is 0 Å². The predicted molar refractivity (Wildman–Crippen MR) is 86.2 cm³/mol. The van der Waals surface area contributed by atoms with Crippen LogP contribution in [0.1, 0.15) is 46.5 Å². The van der Waals surface area contributed by atoms with Crippen LogP contribution in [0.5, 0.6) is 0 Å². The number of hydrogen-bond acceptors (Lipinski definition) is 4.